The highest BCUT2D eigenvalue weighted by atomic mass is 32.1. The average Bonchev–Trinajstić information content (AvgIpc) is 2.87. The summed E-state index contributed by atoms with van der Waals surface area (Å²) in [6, 6.07) is 8.61. The van der Waals surface area contributed by atoms with Crippen LogP contribution >= 0.6 is 11.3 Å². The molecule has 5 heteroatoms. The van der Waals surface area contributed by atoms with Gasteiger partial charge < -0.3 is 10.1 Å². The van der Waals surface area contributed by atoms with Crippen LogP contribution in [0.3, 0.4) is 0 Å². The zero-order valence-electron chi connectivity index (χ0n) is 12.2. The summed E-state index contributed by atoms with van der Waals surface area (Å²) in [7, 11) is 1.68. The fourth-order valence-corrected chi connectivity index (χ4v) is 2.72. The Balaban J connectivity index is 1.88. The van der Waals surface area contributed by atoms with Gasteiger partial charge in [-0.3, -0.25) is 0 Å². The lowest BCUT2D eigenvalue weighted by Gasteiger charge is -2.05. The highest BCUT2D eigenvalue weighted by Crippen LogP contribution is 2.17. The lowest BCUT2D eigenvalue weighted by atomic mass is 10.1. The Hall–Kier alpha value is -1.46. The summed E-state index contributed by atoms with van der Waals surface area (Å²) in [6.45, 7) is 5.25. The van der Waals surface area contributed by atoms with Gasteiger partial charge in [0.25, 0.3) is 0 Å². The van der Waals surface area contributed by atoms with E-state index in [0.29, 0.717) is 6.04 Å². The van der Waals surface area contributed by atoms with Crippen molar-refractivity contribution in [1.82, 2.24) is 15.5 Å². The van der Waals surface area contributed by atoms with Gasteiger partial charge in [-0.05, 0) is 17.7 Å². The van der Waals surface area contributed by atoms with Gasteiger partial charge in [0.05, 0.1) is 7.11 Å². The first kappa shape index (κ1) is 14.9. The van der Waals surface area contributed by atoms with E-state index in [2.05, 4.69) is 41.5 Å². The maximum Gasteiger partial charge on any atom is 0.121 e. The third kappa shape index (κ3) is 4.58. The highest BCUT2D eigenvalue weighted by Gasteiger charge is 2.05. The number of nitrogens with one attached hydrogen (secondary N) is 1. The highest BCUT2D eigenvalue weighted by molar-refractivity contribution is 7.11. The molecule has 0 saturated heterocycles. The number of ether oxygens (including phenoxy) is 1. The van der Waals surface area contributed by atoms with Gasteiger partial charge in [-0.25, -0.2) is 0 Å². The van der Waals surface area contributed by atoms with Crippen LogP contribution in [0, 0.1) is 0 Å². The molecule has 1 N–H and O–H groups in total. The maximum absolute atomic E-state index is 5.15. The van der Waals surface area contributed by atoms with Crippen molar-refractivity contribution < 1.29 is 4.74 Å². The van der Waals surface area contributed by atoms with Crippen molar-refractivity contribution in [3.05, 3.63) is 39.8 Å². The summed E-state index contributed by atoms with van der Waals surface area (Å²) in [5, 5.41) is 14.1. The molecule has 0 fully saturated rings. The van der Waals surface area contributed by atoms with Gasteiger partial charge in [0.2, 0.25) is 0 Å². The molecule has 0 aliphatic rings. The minimum atomic E-state index is 0.515. The molecule has 0 saturated carbocycles. The third-order valence-electron chi connectivity index (χ3n) is 2.91. The van der Waals surface area contributed by atoms with Crippen LogP contribution in [0.25, 0.3) is 0 Å². The van der Waals surface area contributed by atoms with Gasteiger partial charge in [-0.15, -0.1) is 21.5 Å². The largest absolute Gasteiger partial charge is 0.497 e. The molecule has 1 heterocycles. The second kappa shape index (κ2) is 7.36. The standard InChI is InChI=1S/C15H21N3OS/c1-11(2)16-9-8-14-17-18-15(20-14)10-12-4-6-13(19-3)7-5-12/h4-7,11,16H,8-10H2,1-3H3. The van der Waals surface area contributed by atoms with E-state index in [-0.39, 0.29) is 0 Å². The van der Waals surface area contributed by atoms with Crippen molar-refractivity contribution in [3.63, 3.8) is 0 Å². The molecular formula is C15H21N3OS. The first-order chi connectivity index (χ1) is 9.67. The van der Waals surface area contributed by atoms with Crippen molar-refractivity contribution in [3.8, 4) is 5.75 Å². The van der Waals surface area contributed by atoms with E-state index in [1.807, 2.05) is 12.1 Å². The van der Waals surface area contributed by atoms with E-state index in [1.54, 1.807) is 18.4 Å². The van der Waals surface area contributed by atoms with Crippen molar-refractivity contribution in [2.24, 2.45) is 0 Å². The summed E-state index contributed by atoms with van der Waals surface area (Å²) in [5.74, 6) is 0.881. The Morgan fingerprint density at radius 1 is 1.15 bits per heavy atom. The Bertz CT molecular complexity index is 522. The molecule has 20 heavy (non-hydrogen) atoms. The Morgan fingerprint density at radius 3 is 2.50 bits per heavy atom. The minimum Gasteiger partial charge on any atom is -0.497 e. The molecule has 2 aromatic rings. The van der Waals surface area contributed by atoms with E-state index in [9.17, 15) is 0 Å². The van der Waals surface area contributed by atoms with Crippen molar-refractivity contribution in [2.75, 3.05) is 13.7 Å². The van der Waals surface area contributed by atoms with Crippen LogP contribution in [0.2, 0.25) is 0 Å². The number of benzene rings is 1. The molecule has 4 nitrogen and oxygen atoms in total. The lowest BCUT2D eigenvalue weighted by molar-refractivity contribution is 0.414. The number of methoxy groups -OCH3 is 1. The Labute approximate surface area is 124 Å². The maximum atomic E-state index is 5.15. The smallest absolute Gasteiger partial charge is 0.121 e. The number of hydrogen-bond donors (Lipinski definition) is 1. The van der Waals surface area contributed by atoms with Crippen LogP contribution in [0.4, 0.5) is 0 Å². The quantitative estimate of drug-likeness (QED) is 0.852. The van der Waals surface area contributed by atoms with Gasteiger partial charge in [0, 0.05) is 25.4 Å². The third-order valence-corrected chi connectivity index (χ3v) is 3.90. The number of nitrogens with zero attached hydrogens (tertiary/aromatic N) is 2. The van der Waals surface area contributed by atoms with Crippen LogP contribution in [0.5, 0.6) is 5.75 Å². The Morgan fingerprint density at radius 2 is 1.85 bits per heavy atom. The van der Waals surface area contributed by atoms with Crippen LogP contribution in [0.15, 0.2) is 24.3 Å². The molecule has 0 aliphatic heterocycles. The zero-order chi connectivity index (χ0) is 14.4. The van der Waals surface area contributed by atoms with Gasteiger partial charge in [-0.1, -0.05) is 26.0 Å². The molecular weight excluding hydrogens is 270 g/mol. The molecule has 0 radical (unpaired) electrons. The van der Waals surface area contributed by atoms with Gasteiger partial charge >= 0.3 is 0 Å². The summed E-state index contributed by atoms with van der Waals surface area (Å²) >= 11 is 1.70. The van der Waals surface area contributed by atoms with Crippen LogP contribution in [-0.4, -0.2) is 29.9 Å². The molecule has 0 spiro atoms. The summed E-state index contributed by atoms with van der Waals surface area (Å²) in [6.07, 6.45) is 1.78. The van der Waals surface area contributed by atoms with Gasteiger partial charge in [-0.2, -0.15) is 0 Å². The summed E-state index contributed by atoms with van der Waals surface area (Å²) < 4.78 is 5.15. The predicted octanol–water partition coefficient (Wildman–Crippen LogP) is 2.68. The average molecular weight is 291 g/mol. The zero-order valence-corrected chi connectivity index (χ0v) is 13.0. The number of rotatable bonds is 7. The second-order valence-electron chi connectivity index (χ2n) is 4.97. The SMILES string of the molecule is COc1ccc(Cc2nnc(CCNC(C)C)s2)cc1. The molecule has 108 valence electrons. The fraction of sp³-hybridized carbons (Fsp3) is 0.467. The summed E-state index contributed by atoms with van der Waals surface area (Å²) in [4.78, 5) is 0. The second-order valence-corrected chi connectivity index (χ2v) is 6.12. The first-order valence-corrected chi connectivity index (χ1v) is 7.66. The van der Waals surface area contributed by atoms with Crippen LogP contribution in [0.1, 0.15) is 29.4 Å². The molecule has 0 amide bonds. The fourth-order valence-electron chi connectivity index (χ4n) is 1.85. The molecule has 0 bridgehead atoms. The molecule has 0 unspecified atom stereocenters. The van der Waals surface area contributed by atoms with Gasteiger partial charge in [0.15, 0.2) is 0 Å². The van der Waals surface area contributed by atoms with E-state index < -0.39 is 0 Å². The van der Waals surface area contributed by atoms with Crippen LogP contribution in [-0.2, 0) is 12.8 Å². The van der Waals surface area contributed by atoms with E-state index >= 15 is 0 Å². The van der Waals surface area contributed by atoms with Crippen molar-refractivity contribution in [2.45, 2.75) is 32.7 Å². The molecule has 0 aliphatic carbocycles. The molecule has 2 rings (SSSR count). The predicted molar refractivity (Wildman–Crippen MR) is 82.6 cm³/mol. The minimum absolute atomic E-state index is 0.515. The molecule has 1 aromatic heterocycles. The normalized spacial score (nSPS) is 11.0. The Kier molecular flexibility index (Phi) is 5.49. The monoisotopic (exact) mass is 291 g/mol. The van der Waals surface area contributed by atoms with Crippen molar-refractivity contribution in [1.29, 1.82) is 0 Å². The molecule has 1 aromatic carbocycles. The van der Waals surface area contributed by atoms with Crippen LogP contribution < -0.4 is 10.1 Å². The number of aromatic nitrogens is 2. The van der Waals surface area contributed by atoms with E-state index in [0.717, 1.165) is 35.2 Å². The topological polar surface area (TPSA) is 47.0 Å². The van der Waals surface area contributed by atoms with E-state index in [4.69, 9.17) is 4.74 Å². The van der Waals surface area contributed by atoms with Gasteiger partial charge in [0.1, 0.15) is 15.8 Å². The van der Waals surface area contributed by atoms with E-state index in [1.165, 1.54) is 5.56 Å². The first-order valence-electron chi connectivity index (χ1n) is 6.85. The van der Waals surface area contributed by atoms with Crippen molar-refractivity contribution >= 4 is 11.3 Å². The number of hydrogen-bond acceptors (Lipinski definition) is 5. The lowest BCUT2D eigenvalue weighted by Crippen LogP contribution is -2.24. The molecule has 0 atom stereocenters. The summed E-state index contributed by atoms with van der Waals surface area (Å²) in [5.41, 5.74) is 1.23.